The van der Waals surface area contributed by atoms with E-state index in [2.05, 4.69) is 10.3 Å². The van der Waals surface area contributed by atoms with E-state index in [0.29, 0.717) is 25.7 Å². The molecule has 2 aliphatic heterocycles. The minimum Gasteiger partial charge on any atom is -0.318 e. The number of carbonyl (C=O) groups excluding carboxylic acids is 1. The summed E-state index contributed by atoms with van der Waals surface area (Å²) >= 11 is 0. The predicted molar refractivity (Wildman–Crippen MR) is 104 cm³/mol. The highest BCUT2D eigenvalue weighted by Gasteiger charge is 2.47. The topological polar surface area (TPSA) is 79.4 Å². The molecule has 2 saturated heterocycles. The van der Waals surface area contributed by atoms with Gasteiger partial charge in [-0.25, -0.2) is 13.2 Å². The van der Waals surface area contributed by atoms with Crippen LogP contribution in [-0.4, -0.2) is 41.7 Å². The summed E-state index contributed by atoms with van der Waals surface area (Å²) in [5.41, 5.74) is -0.526. The van der Waals surface area contributed by atoms with E-state index in [1.807, 2.05) is 0 Å². The Bertz CT molecular complexity index is 1010. The number of carbonyl (C=O) groups is 1. The van der Waals surface area contributed by atoms with Crippen molar-refractivity contribution < 1.29 is 26.4 Å². The van der Waals surface area contributed by atoms with E-state index in [1.165, 1.54) is 36.7 Å². The molecule has 30 heavy (non-hydrogen) atoms. The molecule has 10 heteroatoms. The van der Waals surface area contributed by atoms with E-state index in [0.717, 1.165) is 12.1 Å². The number of pyridine rings is 1. The second-order valence-corrected chi connectivity index (χ2v) is 9.85. The third kappa shape index (κ3) is 3.88. The zero-order valence-corrected chi connectivity index (χ0v) is 16.7. The Morgan fingerprint density at radius 3 is 2.10 bits per heavy atom. The maximum Gasteiger partial charge on any atom is 0.416 e. The Labute approximate surface area is 172 Å². The molecule has 1 N–H and O–H groups in total. The first-order valence-electron chi connectivity index (χ1n) is 9.57. The lowest BCUT2D eigenvalue weighted by Crippen LogP contribution is -2.51. The van der Waals surface area contributed by atoms with Crippen molar-refractivity contribution in [1.82, 2.24) is 9.88 Å². The maximum absolute atomic E-state index is 12.9. The van der Waals surface area contributed by atoms with E-state index < -0.39 is 32.9 Å². The molecule has 2 unspecified atom stereocenters. The summed E-state index contributed by atoms with van der Waals surface area (Å²) in [5, 5.41) is 2.06. The first-order valence-corrected chi connectivity index (χ1v) is 11.1. The van der Waals surface area contributed by atoms with Crippen molar-refractivity contribution in [3.63, 3.8) is 0 Å². The zero-order chi connectivity index (χ0) is 21.5. The van der Waals surface area contributed by atoms with Crippen LogP contribution in [0.25, 0.3) is 0 Å². The Kier molecular flexibility index (Phi) is 5.21. The highest BCUT2D eigenvalue weighted by molar-refractivity contribution is 7.92. The molecule has 160 valence electrons. The Hall–Kier alpha value is -2.62. The van der Waals surface area contributed by atoms with Crippen LogP contribution in [0.1, 0.15) is 31.2 Å². The third-order valence-corrected chi connectivity index (χ3v) is 8.00. The van der Waals surface area contributed by atoms with Crippen LogP contribution in [0.5, 0.6) is 0 Å². The number of urea groups is 1. The van der Waals surface area contributed by atoms with Crippen LogP contribution < -0.4 is 5.32 Å². The number of nitrogens with one attached hydrogen (secondary N) is 1. The minimum atomic E-state index is -4.44. The van der Waals surface area contributed by atoms with Crippen LogP contribution in [0.4, 0.5) is 23.7 Å². The molecule has 6 nitrogen and oxygen atoms in total. The number of aromatic nitrogens is 1. The summed E-state index contributed by atoms with van der Waals surface area (Å²) in [6, 6.07) is 6.34. The van der Waals surface area contributed by atoms with Gasteiger partial charge in [0.1, 0.15) is 0 Å². The van der Waals surface area contributed by atoms with Crippen molar-refractivity contribution in [3.05, 3.63) is 54.4 Å². The summed E-state index contributed by atoms with van der Waals surface area (Å²) in [7, 11) is -3.52. The summed E-state index contributed by atoms with van der Waals surface area (Å²) < 4.78 is 64.0. The maximum atomic E-state index is 12.9. The molecular formula is C20H20F3N3O3S. The van der Waals surface area contributed by atoms with Crippen LogP contribution in [0.15, 0.2) is 53.7 Å². The summed E-state index contributed by atoms with van der Waals surface area (Å²) in [6.45, 7) is 0. The number of piperidine rings is 1. The van der Waals surface area contributed by atoms with Gasteiger partial charge in [-0.15, -0.1) is 0 Å². The molecule has 2 atom stereocenters. The largest absolute Gasteiger partial charge is 0.416 e. The van der Waals surface area contributed by atoms with Crippen LogP contribution in [0, 0.1) is 0 Å². The predicted octanol–water partition coefficient (Wildman–Crippen LogP) is 4.10. The fourth-order valence-electron chi connectivity index (χ4n) is 4.36. The summed E-state index contributed by atoms with van der Waals surface area (Å²) in [6.07, 6.45) is 0.510. The number of amides is 2. The van der Waals surface area contributed by atoms with Crippen molar-refractivity contribution in [2.45, 2.75) is 54.1 Å². The molecule has 2 aliphatic rings. The van der Waals surface area contributed by atoms with Crippen LogP contribution >= 0.6 is 0 Å². The molecule has 2 amide bonds. The first-order chi connectivity index (χ1) is 14.2. The quantitative estimate of drug-likeness (QED) is 0.781. The molecule has 4 rings (SSSR count). The SMILES string of the molecule is O=C(Nc1ccc(C(F)(F)F)cc1)N1C2CCC1CC(S(=O)(=O)c1ccncc1)C2. The first kappa shape index (κ1) is 20.6. The third-order valence-electron chi connectivity index (χ3n) is 5.80. The van der Waals surface area contributed by atoms with Crippen LogP contribution in [-0.2, 0) is 16.0 Å². The van der Waals surface area contributed by atoms with Crippen molar-refractivity contribution in [1.29, 1.82) is 0 Å². The van der Waals surface area contributed by atoms with Gasteiger partial charge in [-0.1, -0.05) is 0 Å². The van der Waals surface area contributed by atoms with Gasteiger partial charge >= 0.3 is 12.2 Å². The number of anilines is 1. The van der Waals surface area contributed by atoms with E-state index >= 15 is 0 Å². The molecule has 1 aromatic heterocycles. The van der Waals surface area contributed by atoms with E-state index in [4.69, 9.17) is 0 Å². The van der Waals surface area contributed by atoms with Gasteiger partial charge in [0.25, 0.3) is 0 Å². The second kappa shape index (κ2) is 7.57. The van der Waals surface area contributed by atoms with Gasteiger partial charge in [-0.3, -0.25) is 4.98 Å². The van der Waals surface area contributed by atoms with Gasteiger partial charge < -0.3 is 10.2 Å². The van der Waals surface area contributed by atoms with Crippen LogP contribution in [0.2, 0.25) is 0 Å². The van der Waals surface area contributed by atoms with E-state index in [9.17, 15) is 26.4 Å². The lowest BCUT2D eigenvalue weighted by molar-refractivity contribution is -0.137. The molecule has 2 aromatic rings. The molecule has 2 fully saturated rings. The second-order valence-electron chi connectivity index (χ2n) is 7.62. The van der Waals surface area contributed by atoms with Gasteiger partial charge in [0, 0.05) is 30.2 Å². The average molecular weight is 439 g/mol. The minimum absolute atomic E-state index is 0.222. The number of fused-ring (bicyclic) bond motifs is 2. The molecular weight excluding hydrogens is 419 g/mol. The number of nitrogens with zero attached hydrogens (tertiary/aromatic N) is 2. The lowest BCUT2D eigenvalue weighted by atomic mass is 10.0. The van der Waals surface area contributed by atoms with Crippen LogP contribution in [0.3, 0.4) is 0 Å². The van der Waals surface area contributed by atoms with E-state index in [1.54, 1.807) is 4.90 Å². The Balaban J connectivity index is 1.46. The average Bonchev–Trinajstić information content (AvgIpc) is 2.98. The molecule has 0 radical (unpaired) electrons. The highest BCUT2D eigenvalue weighted by Crippen LogP contribution is 2.40. The standard InChI is InChI=1S/C20H20F3N3O3S/c21-20(22,23)13-1-3-14(4-2-13)25-19(27)26-15-5-6-16(26)12-18(11-15)30(28,29)17-7-9-24-10-8-17/h1-4,7-10,15-16,18H,5-6,11-12H2,(H,25,27). The molecule has 2 bridgehead atoms. The Morgan fingerprint density at radius 2 is 1.57 bits per heavy atom. The number of rotatable bonds is 3. The van der Waals surface area contributed by atoms with Crippen molar-refractivity contribution >= 4 is 21.6 Å². The fourth-order valence-corrected chi connectivity index (χ4v) is 6.20. The van der Waals surface area contributed by atoms with E-state index in [-0.39, 0.29) is 22.7 Å². The van der Waals surface area contributed by atoms with Gasteiger partial charge in [0.2, 0.25) is 0 Å². The van der Waals surface area contributed by atoms with Crippen molar-refractivity contribution in [2.24, 2.45) is 0 Å². The monoisotopic (exact) mass is 439 g/mol. The number of benzene rings is 1. The zero-order valence-electron chi connectivity index (χ0n) is 15.8. The number of hydrogen-bond donors (Lipinski definition) is 1. The number of alkyl halides is 3. The smallest absolute Gasteiger partial charge is 0.318 e. The summed E-state index contributed by atoms with van der Waals surface area (Å²) in [4.78, 5) is 18.5. The van der Waals surface area contributed by atoms with Crippen molar-refractivity contribution in [3.8, 4) is 0 Å². The molecule has 0 aliphatic carbocycles. The van der Waals surface area contributed by atoms with Gasteiger partial charge in [0.05, 0.1) is 15.7 Å². The molecule has 3 heterocycles. The molecule has 0 saturated carbocycles. The molecule has 1 aromatic carbocycles. The molecule has 0 spiro atoms. The lowest BCUT2D eigenvalue weighted by Gasteiger charge is -2.38. The number of halogens is 3. The van der Waals surface area contributed by atoms with Gasteiger partial charge in [-0.2, -0.15) is 13.2 Å². The highest BCUT2D eigenvalue weighted by atomic mass is 32.2. The van der Waals surface area contributed by atoms with Gasteiger partial charge in [0.15, 0.2) is 9.84 Å². The van der Waals surface area contributed by atoms with Gasteiger partial charge in [-0.05, 0) is 62.1 Å². The Morgan fingerprint density at radius 1 is 1.00 bits per heavy atom. The number of sulfone groups is 1. The van der Waals surface area contributed by atoms with Crippen molar-refractivity contribution in [2.75, 3.05) is 5.32 Å². The summed E-state index contributed by atoms with van der Waals surface area (Å²) in [5.74, 6) is 0. The number of hydrogen-bond acceptors (Lipinski definition) is 4. The normalized spacial score (nSPS) is 24.0. The fraction of sp³-hybridized carbons (Fsp3) is 0.400.